The molecule has 0 amide bonds. The highest BCUT2D eigenvalue weighted by atomic mass is 127. The number of hydrogen-bond donors (Lipinski definition) is 2. The van der Waals surface area contributed by atoms with E-state index in [4.69, 9.17) is 21.1 Å². The molecule has 2 N–H and O–H groups in total. The molecule has 1 aliphatic heterocycles. The van der Waals surface area contributed by atoms with Crippen LogP contribution in [0.15, 0.2) is 23.2 Å². The van der Waals surface area contributed by atoms with Gasteiger partial charge in [0.1, 0.15) is 0 Å². The summed E-state index contributed by atoms with van der Waals surface area (Å²) in [6, 6.07) is 6.13. The van der Waals surface area contributed by atoms with Gasteiger partial charge < -0.3 is 29.9 Å². The second-order valence-electron chi connectivity index (χ2n) is 7.46. The molecule has 0 unspecified atom stereocenters. The molecule has 1 fully saturated rings. The van der Waals surface area contributed by atoms with Gasteiger partial charge in [-0.15, -0.1) is 24.0 Å². The van der Waals surface area contributed by atoms with Crippen LogP contribution >= 0.6 is 35.6 Å². The predicted octanol–water partition coefficient (Wildman–Crippen LogP) is 3.21. The minimum atomic E-state index is 0. The Labute approximate surface area is 209 Å². The third-order valence-electron chi connectivity index (χ3n) is 5.15. The van der Waals surface area contributed by atoms with E-state index < -0.39 is 0 Å². The standard InChI is InChI=1S/C22H38ClN5O2.HI/c1-4-5-14-29-16-17-30-15-9-25-22(24-2)26-18-19-20(23)7-6-8-21(19)28-12-10-27(3)11-13-28;/h6-8H,4-5,9-18H2,1-3H3,(H2,24,25,26);1H. The summed E-state index contributed by atoms with van der Waals surface area (Å²) >= 11 is 6.54. The van der Waals surface area contributed by atoms with E-state index in [1.54, 1.807) is 7.05 Å². The molecule has 2 rings (SSSR count). The van der Waals surface area contributed by atoms with Crippen molar-refractivity contribution in [3.05, 3.63) is 28.8 Å². The number of unbranched alkanes of at least 4 members (excludes halogenated alkanes) is 1. The van der Waals surface area contributed by atoms with Crippen LogP contribution in [0.3, 0.4) is 0 Å². The fourth-order valence-corrected chi connectivity index (χ4v) is 3.50. The molecule has 178 valence electrons. The van der Waals surface area contributed by atoms with Crippen molar-refractivity contribution < 1.29 is 9.47 Å². The molecule has 1 heterocycles. The zero-order valence-electron chi connectivity index (χ0n) is 19.2. The van der Waals surface area contributed by atoms with Gasteiger partial charge in [0.25, 0.3) is 0 Å². The summed E-state index contributed by atoms with van der Waals surface area (Å²) in [5.74, 6) is 0.738. The van der Waals surface area contributed by atoms with Crippen molar-refractivity contribution in [2.45, 2.75) is 26.3 Å². The summed E-state index contributed by atoms with van der Waals surface area (Å²) in [6.07, 6.45) is 2.26. The van der Waals surface area contributed by atoms with Crippen molar-refractivity contribution in [1.82, 2.24) is 15.5 Å². The summed E-state index contributed by atoms with van der Waals surface area (Å²) in [6.45, 7) is 10.3. The van der Waals surface area contributed by atoms with Crippen LogP contribution in [-0.4, -0.2) is 84.1 Å². The van der Waals surface area contributed by atoms with Gasteiger partial charge in [-0.3, -0.25) is 4.99 Å². The first-order chi connectivity index (χ1) is 14.7. The number of aliphatic imine (C=N–C) groups is 1. The molecular weight excluding hydrogens is 529 g/mol. The van der Waals surface area contributed by atoms with E-state index in [-0.39, 0.29) is 24.0 Å². The van der Waals surface area contributed by atoms with Gasteiger partial charge in [-0.1, -0.05) is 31.0 Å². The molecule has 0 aliphatic carbocycles. The summed E-state index contributed by atoms with van der Waals surface area (Å²) in [4.78, 5) is 9.07. The third kappa shape index (κ3) is 10.6. The number of benzene rings is 1. The molecule has 0 bridgehead atoms. The van der Waals surface area contributed by atoms with E-state index in [9.17, 15) is 0 Å². The Kier molecular flexibility index (Phi) is 15.3. The van der Waals surface area contributed by atoms with Gasteiger partial charge >= 0.3 is 0 Å². The van der Waals surface area contributed by atoms with Gasteiger partial charge in [0, 0.05) is 69.2 Å². The molecule has 0 spiro atoms. The fourth-order valence-electron chi connectivity index (χ4n) is 3.27. The van der Waals surface area contributed by atoms with E-state index in [1.807, 2.05) is 12.1 Å². The minimum Gasteiger partial charge on any atom is -0.379 e. The normalized spacial score (nSPS) is 15.0. The molecule has 9 heteroatoms. The van der Waals surface area contributed by atoms with Crippen LogP contribution in [0.4, 0.5) is 5.69 Å². The molecule has 1 aromatic carbocycles. The summed E-state index contributed by atoms with van der Waals surface area (Å²) in [5.41, 5.74) is 2.30. The van der Waals surface area contributed by atoms with Gasteiger partial charge in [0.05, 0.1) is 19.8 Å². The SMILES string of the molecule is CCCCOCCOCCNC(=NC)NCc1c(Cl)cccc1N1CCN(C)CC1.I. The molecule has 31 heavy (non-hydrogen) atoms. The summed E-state index contributed by atoms with van der Waals surface area (Å²) in [7, 11) is 3.93. The second kappa shape index (κ2) is 16.8. The van der Waals surface area contributed by atoms with Crippen LogP contribution in [-0.2, 0) is 16.0 Å². The number of nitrogens with one attached hydrogen (secondary N) is 2. The summed E-state index contributed by atoms with van der Waals surface area (Å²) < 4.78 is 11.1. The highest BCUT2D eigenvalue weighted by molar-refractivity contribution is 14.0. The number of nitrogens with zero attached hydrogens (tertiary/aromatic N) is 3. The lowest BCUT2D eigenvalue weighted by molar-refractivity contribution is 0.0487. The number of halogens is 2. The average Bonchev–Trinajstić information content (AvgIpc) is 2.76. The lowest BCUT2D eigenvalue weighted by Gasteiger charge is -2.35. The average molecular weight is 568 g/mol. The van der Waals surface area contributed by atoms with Crippen LogP contribution < -0.4 is 15.5 Å². The molecule has 0 radical (unpaired) electrons. The first-order valence-electron chi connectivity index (χ1n) is 11.0. The van der Waals surface area contributed by atoms with E-state index >= 15 is 0 Å². The van der Waals surface area contributed by atoms with Crippen LogP contribution in [0.1, 0.15) is 25.3 Å². The molecule has 7 nitrogen and oxygen atoms in total. The smallest absolute Gasteiger partial charge is 0.191 e. The van der Waals surface area contributed by atoms with Gasteiger partial charge in [-0.25, -0.2) is 0 Å². The highest BCUT2D eigenvalue weighted by Crippen LogP contribution is 2.28. The quantitative estimate of drug-likeness (QED) is 0.175. The predicted molar refractivity (Wildman–Crippen MR) is 141 cm³/mol. The monoisotopic (exact) mass is 567 g/mol. The maximum absolute atomic E-state index is 6.54. The third-order valence-corrected chi connectivity index (χ3v) is 5.50. The van der Waals surface area contributed by atoms with Gasteiger partial charge in [0.2, 0.25) is 0 Å². The Bertz CT molecular complexity index is 642. The van der Waals surface area contributed by atoms with Crippen LogP contribution in [0.25, 0.3) is 0 Å². The number of anilines is 1. The van der Waals surface area contributed by atoms with Crippen LogP contribution in [0, 0.1) is 0 Å². The van der Waals surface area contributed by atoms with E-state index in [0.717, 1.165) is 62.2 Å². The molecule has 0 saturated carbocycles. The van der Waals surface area contributed by atoms with Crippen LogP contribution in [0.2, 0.25) is 5.02 Å². The first kappa shape index (κ1) is 28.2. The van der Waals surface area contributed by atoms with Crippen molar-refractivity contribution in [3.8, 4) is 0 Å². The Balaban J connectivity index is 0.00000480. The zero-order chi connectivity index (χ0) is 21.6. The van der Waals surface area contributed by atoms with Crippen molar-refractivity contribution in [2.75, 3.05) is 78.1 Å². The number of hydrogen-bond acceptors (Lipinski definition) is 5. The molecule has 1 aromatic rings. The molecule has 0 aromatic heterocycles. The Morgan fingerprint density at radius 3 is 2.45 bits per heavy atom. The Morgan fingerprint density at radius 2 is 1.77 bits per heavy atom. The number of rotatable bonds is 12. The maximum atomic E-state index is 6.54. The first-order valence-corrected chi connectivity index (χ1v) is 11.3. The van der Waals surface area contributed by atoms with E-state index in [2.05, 4.69) is 45.5 Å². The van der Waals surface area contributed by atoms with Crippen molar-refractivity contribution in [1.29, 1.82) is 0 Å². The van der Waals surface area contributed by atoms with Gasteiger partial charge in [0.15, 0.2) is 5.96 Å². The Hall–Kier alpha value is -0.810. The fraction of sp³-hybridized carbons (Fsp3) is 0.682. The number of likely N-dealkylation sites (N-methyl/N-ethyl adjacent to an activating group) is 1. The second-order valence-corrected chi connectivity index (χ2v) is 7.87. The molecule has 1 saturated heterocycles. The molecule has 1 aliphatic rings. The van der Waals surface area contributed by atoms with Crippen molar-refractivity contribution in [2.24, 2.45) is 4.99 Å². The lowest BCUT2D eigenvalue weighted by atomic mass is 10.1. The van der Waals surface area contributed by atoms with Gasteiger partial charge in [-0.2, -0.15) is 0 Å². The number of ether oxygens (including phenoxy) is 2. The topological polar surface area (TPSA) is 61.4 Å². The van der Waals surface area contributed by atoms with Crippen molar-refractivity contribution in [3.63, 3.8) is 0 Å². The molecular formula is C22H39ClIN5O2. The Morgan fingerprint density at radius 1 is 1.06 bits per heavy atom. The number of guanidine groups is 1. The number of piperazine rings is 1. The summed E-state index contributed by atoms with van der Waals surface area (Å²) in [5, 5.41) is 7.44. The van der Waals surface area contributed by atoms with Crippen molar-refractivity contribution >= 4 is 47.2 Å². The van der Waals surface area contributed by atoms with E-state index in [0.29, 0.717) is 32.9 Å². The zero-order valence-corrected chi connectivity index (χ0v) is 22.2. The molecule has 0 atom stereocenters. The lowest BCUT2D eigenvalue weighted by Crippen LogP contribution is -2.45. The minimum absolute atomic E-state index is 0. The van der Waals surface area contributed by atoms with Crippen LogP contribution in [0.5, 0.6) is 0 Å². The van der Waals surface area contributed by atoms with E-state index in [1.165, 1.54) is 5.69 Å². The maximum Gasteiger partial charge on any atom is 0.191 e. The largest absolute Gasteiger partial charge is 0.379 e. The van der Waals surface area contributed by atoms with Gasteiger partial charge in [-0.05, 0) is 25.6 Å². The highest BCUT2D eigenvalue weighted by Gasteiger charge is 2.18.